The molecule has 2 unspecified atom stereocenters. The Morgan fingerprint density at radius 2 is 1.94 bits per heavy atom. The molecule has 0 amide bonds. The molecule has 0 aromatic rings. The van der Waals surface area contributed by atoms with E-state index in [1.165, 1.54) is 0 Å². The van der Waals surface area contributed by atoms with Crippen molar-refractivity contribution in [3.05, 3.63) is 12.2 Å². The van der Waals surface area contributed by atoms with Crippen molar-refractivity contribution in [1.29, 1.82) is 5.26 Å². The van der Waals surface area contributed by atoms with Gasteiger partial charge in [-0.3, -0.25) is 0 Å². The lowest BCUT2D eigenvalue weighted by atomic mass is 10.1. The number of rotatable bonds is 3. The van der Waals surface area contributed by atoms with Crippen LogP contribution in [0, 0.1) is 17.2 Å². The smallest absolute Gasteiger partial charge is 0.192 e. The van der Waals surface area contributed by atoms with E-state index in [1.807, 2.05) is 6.08 Å². The van der Waals surface area contributed by atoms with Crippen molar-refractivity contribution in [3.63, 3.8) is 0 Å². The van der Waals surface area contributed by atoms with Crippen molar-refractivity contribution >= 4 is 8.32 Å². The molecule has 2 atom stereocenters. The maximum absolute atomic E-state index is 8.52. The van der Waals surface area contributed by atoms with E-state index in [-0.39, 0.29) is 5.04 Å². The van der Waals surface area contributed by atoms with Crippen molar-refractivity contribution in [3.8, 4) is 6.07 Å². The van der Waals surface area contributed by atoms with E-state index in [1.54, 1.807) is 6.08 Å². The number of hydrogen-bond acceptors (Lipinski definition) is 2. The second-order valence-electron chi connectivity index (χ2n) is 6.56. The third kappa shape index (κ3) is 3.97. The lowest BCUT2D eigenvalue weighted by molar-refractivity contribution is 0.185. The highest BCUT2D eigenvalue weighted by Crippen LogP contribution is 2.40. The summed E-state index contributed by atoms with van der Waals surface area (Å²) in [6, 6.07) is 2.07. The van der Waals surface area contributed by atoms with E-state index in [9.17, 15) is 0 Å². The van der Waals surface area contributed by atoms with E-state index in [4.69, 9.17) is 9.69 Å². The zero-order chi connectivity index (χ0) is 13.1. The van der Waals surface area contributed by atoms with Gasteiger partial charge in [0.05, 0.1) is 6.07 Å². The van der Waals surface area contributed by atoms with Gasteiger partial charge in [-0.1, -0.05) is 26.8 Å². The monoisotopic (exact) mass is 251 g/mol. The summed E-state index contributed by atoms with van der Waals surface area (Å²) in [5.74, 6) is 0.546. The van der Waals surface area contributed by atoms with Gasteiger partial charge in [-0.05, 0) is 43.3 Å². The summed E-state index contributed by atoms with van der Waals surface area (Å²) in [5, 5.41) is 8.81. The first kappa shape index (κ1) is 14.5. The topological polar surface area (TPSA) is 33.0 Å². The molecule has 0 aromatic heterocycles. The first-order valence-corrected chi connectivity index (χ1v) is 9.41. The number of nitrogens with zero attached hydrogens (tertiary/aromatic N) is 1. The van der Waals surface area contributed by atoms with Crippen molar-refractivity contribution < 1.29 is 4.43 Å². The Balaban J connectivity index is 2.51. The fourth-order valence-corrected chi connectivity index (χ4v) is 3.43. The van der Waals surface area contributed by atoms with E-state index >= 15 is 0 Å². The third-order valence-electron chi connectivity index (χ3n) is 4.14. The molecule has 0 aliphatic heterocycles. The summed E-state index contributed by atoms with van der Waals surface area (Å²) >= 11 is 0. The second kappa shape index (κ2) is 5.37. The normalized spacial score (nSPS) is 26.4. The van der Waals surface area contributed by atoms with E-state index < -0.39 is 8.32 Å². The standard InChI is InChI=1S/C14H25NOSi/c1-14(2,3)17(4,5)16-13-9-8-12(11-13)7-6-10-15/h6-7,12-13H,8-9,11H2,1-5H3. The first-order valence-electron chi connectivity index (χ1n) is 6.50. The van der Waals surface area contributed by atoms with Gasteiger partial charge in [0.25, 0.3) is 0 Å². The molecule has 0 spiro atoms. The molecule has 1 aliphatic rings. The van der Waals surface area contributed by atoms with E-state index in [2.05, 4.69) is 39.9 Å². The fraction of sp³-hybridized carbons (Fsp3) is 0.786. The molecule has 0 N–H and O–H groups in total. The SMILES string of the molecule is CC(C)(C)[Si](C)(C)OC1CCC(C=CC#N)C1. The second-order valence-corrected chi connectivity index (χ2v) is 11.3. The molecule has 1 aliphatic carbocycles. The molecule has 0 saturated heterocycles. The lowest BCUT2D eigenvalue weighted by Crippen LogP contribution is -2.43. The molecule has 1 fully saturated rings. The molecule has 3 heteroatoms. The van der Waals surface area contributed by atoms with E-state index in [0.717, 1.165) is 19.3 Å². The van der Waals surface area contributed by atoms with Gasteiger partial charge in [-0.2, -0.15) is 5.26 Å². The van der Waals surface area contributed by atoms with Crippen LogP contribution in [0.1, 0.15) is 40.0 Å². The molecule has 1 saturated carbocycles. The van der Waals surface area contributed by atoms with Crippen LogP contribution in [0.3, 0.4) is 0 Å². The molecule has 2 nitrogen and oxygen atoms in total. The maximum atomic E-state index is 8.52. The Hall–Kier alpha value is -0.593. The Kier molecular flexibility index (Phi) is 4.57. The van der Waals surface area contributed by atoms with Gasteiger partial charge in [0.15, 0.2) is 8.32 Å². The third-order valence-corrected chi connectivity index (χ3v) is 8.67. The maximum Gasteiger partial charge on any atom is 0.192 e. The Labute approximate surface area is 107 Å². The molecule has 0 radical (unpaired) electrons. The molecule has 0 bridgehead atoms. The van der Waals surface area contributed by atoms with Crippen LogP contribution in [-0.4, -0.2) is 14.4 Å². The van der Waals surface area contributed by atoms with Crippen molar-refractivity contribution in [2.75, 3.05) is 0 Å². The van der Waals surface area contributed by atoms with Crippen LogP contribution in [0.2, 0.25) is 18.1 Å². The van der Waals surface area contributed by atoms with Crippen molar-refractivity contribution in [2.24, 2.45) is 5.92 Å². The minimum Gasteiger partial charge on any atom is -0.414 e. The predicted molar refractivity (Wildman–Crippen MR) is 74.2 cm³/mol. The molecule has 1 rings (SSSR count). The minimum absolute atomic E-state index is 0.285. The van der Waals surface area contributed by atoms with Crippen LogP contribution in [0.15, 0.2) is 12.2 Å². The van der Waals surface area contributed by atoms with E-state index in [0.29, 0.717) is 12.0 Å². The van der Waals surface area contributed by atoms with Gasteiger partial charge in [-0.25, -0.2) is 0 Å². The fourth-order valence-electron chi connectivity index (χ4n) is 2.03. The van der Waals surface area contributed by atoms with Crippen LogP contribution < -0.4 is 0 Å². The summed E-state index contributed by atoms with van der Waals surface area (Å²) in [7, 11) is -1.62. The van der Waals surface area contributed by atoms with Crippen molar-refractivity contribution in [2.45, 2.75) is 64.3 Å². The van der Waals surface area contributed by atoms with Crippen molar-refractivity contribution in [1.82, 2.24) is 0 Å². The van der Waals surface area contributed by atoms with Gasteiger partial charge in [0, 0.05) is 12.2 Å². The number of allylic oxidation sites excluding steroid dienone is 2. The molecule has 17 heavy (non-hydrogen) atoms. The Morgan fingerprint density at radius 1 is 1.29 bits per heavy atom. The zero-order valence-corrected chi connectivity index (χ0v) is 12.8. The average Bonchev–Trinajstić information content (AvgIpc) is 2.60. The van der Waals surface area contributed by atoms with Crippen LogP contribution in [0.4, 0.5) is 0 Å². The quantitative estimate of drug-likeness (QED) is 0.555. The van der Waals surface area contributed by atoms with Gasteiger partial charge < -0.3 is 4.43 Å². The summed E-state index contributed by atoms with van der Waals surface area (Å²) in [6.45, 7) is 11.5. The highest BCUT2D eigenvalue weighted by Gasteiger charge is 2.40. The molecular formula is C14H25NOSi. The average molecular weight is 251 g/mol. The van der Waals surface area contributed by atoms with Gasteiger partial charge >= 0.3 is 0 Å². The van der Waals surface area contributed by atoms with Crippen LogP contribution in [0.5, 0.6) is 0 Å². The lowest BCUT2D eigenvalue weighted by Gasteiger charge is -2.38. The van der Waals surface area contributed by atoms with Gasteiger partial charge in [0.2, 0.25) is 0 Å². The number of hydrogen-bond donors (Lipinski definition) is 0. The first-order chi connectivity index (χ1) is 7.76. The molecular weight excluding hydrogens is 226 g/mol. The summed E-state index contributed by atoms with van der Waals surface area (Å²) in [4.78, 5) is 0. The molecule has 0 heterocycles. The highest BCUT2D eigenvalue weighted by atomic mass is 28.4. The predicted octanol–water partition coefficient (Wildman–Crippen LogP) is 4.26. The largest absolute Gasteiger partial charge is 0.414 e. The van der Waals surface area contributed by atoms with Gasteiger partial charge in [-0.15, -0.1) is 0 Å². The summed E-state index contributed by atoms with van der Waals surface area (Å²) in [5.41, 5.74) is 0. The summed E-state index contributed by atoms with van der Waals surface area (Å²) < 4.78 is 6.40. The van der Waals surface area contributed by atoms with Gasteiger partial charge in [0.1, 0.15) is 0 Å². The van der Waals surface area contributed by atoms with Crippen LogP contribution >= 0.6 is 0 Å². The van der Waals surface area contributed by atoms with Crippen LogP contribution in [-0.2, 0) is 4.43 Å². The molecule has 96 valence electrons. The van der Waals surface area contributed by atoms with Crippen LogP contribution in [0.25, 0.3) is 0 Å². The molecule has 0 aromatic carbocycles. The zero-order valence-electron chi connectivity index (χ0n) is 11.8. The summed E-state index contributed by atoms with van der Waals surface area (Å²) in [6.07, 6.45) is 7.45. The Morgan fingerprint density at radius 3 is 2.47 bits per heavy atom. The Bertz CT molecular complexity index is 322. The number of nitriles is 1. The minimum atomic E-state index is -1.62. The highest BCUT2D eigenvalue weighted by molar-refractivity contribution is 6.74.